The Balaban J connectivity index is 2.26. The summed E-state index contributed by atoms with van der Waals surface area (Å²) in [6.45, 7) is 9.68. The molecular weight excluding hydrogens is 252 g/mol. The molecule has 1 aromatic rings. The van der Waals surface area contributed by atoms with E-state index in [1.165, 1.54) is 12.8 Å². The molecular formula is C15H26N4O. The number of nitrogens with one attached hydrogen (secondary N) is 1. The molecule has 1 aromatic heterocycles. The van der Waals surface area contributed by atoms with E-state index in [9.17, 15) is 0 Å². The largest absolute Gasteiger partial charge is 0.490 e. The Morgan fingerprint density at radius 1 is 1.40 bits per heavy atom. The Morgan fingerprint density at radius 2 is 2.20 bits per heavy atom. The van der Waals surface area contributed by atoms with Gasteiger partial charge in [0.25, 0.3) is 0 Å². The molecule has 0 bridgehead atoms. The van der Waals surface area contributed by atoms with Crippen molar-refractivity contribution in [3.63, 3.8) is 0 Å². The van der Waals surface area contributed by atoms with Gasteiger partial charge in [0, 0.05) is 19.6 Å². The number of hydrogen-bond acceptors (Lipinski definition) is 5. The van der Waals surface area contributed by atoms with E-state index < -0.39 is 0 Å². The van der Waals surface area contributed by atoms with Crippen molar-refractivity contribution in [1.82, 2.24) is 9.97 Å². The van der Waals surface area contributed by atoms with Gasteiger partial charge in [0.15, 0.2) is 11.6 Å². The first-order chi connectivity index (χ1) is 9.57. The fraction of sp³-hybridized carbons (Fsp3) is 0.733. The lowest BCUT2D eigenvalue weighted by atomic mass is 9.84. The van der Waals surface area contributed by atoms with Crippen LogP contribution in [0, 0.1) is 5.41 Å². The van der Waals surface area contributed by atoms with Crippen LogP contribution in [0.15, 0.2) is 6.33 Å². The zero-order chi connectivity index (χ0) is 14.6. The van der Waals surface area contributed by atoms with Crippen LogP contribution in [0.5, 0.6) is 5.75 Å². The van der Waals surface area contributed by atoms with Crippen LogP contribution < -0.4 is 15.0 Å². The highest BCUT2D eigenvalue weighted by Crippen LogP contribution is 2.37. The van der Waals surface area contributed by atoms with E-state index in [0.717, 1.165) is 43.4 Å². The van der Waals surface area contributed by atoms with Crippen molar-refractivity contribution in [3.05, 3.63) is 6.33 Å². The maximum atomic E-state index is 5.57. The van der Waals surface area contributed by atoms with E-state index in [2.05, 4.69) is 41.0 Å². The van der Waals surface area contributed by atoms with Gasteiger partial charge in [-0.2, -0.15) is 0 Å². The summed E-state index contributed by atoms with van der Waals surface area (Å²) in [6, 6.07) is 0. The van der Waals surface area contributed by atoms with E-state index >= 15 is 0 Å². The van der Waals surface area contributed by atoms with E-state index in [4.69, 9.17) is 4.74 Å². The smallest absolute Gasteiger partial charge is 0.204 e. The minimum atomic E-state index is 0.325. The Morgan fingerprint density at radius 3 is 2.85 bits per heavy atom. The normalized spacial score (nSPS) is 17.9. The summed E-state index contributed by atoms with van der Waals surface area (Å²) in [5.41, 5.74) is 0.325. The van der Waals surface area contributed by atoms with Crippen LogP contribution in [0.4, 0.5) is 11.6 Å². The van der Waals surface area contributed by atoms with Crippen molar-refractivity contribution < 1.29 is 4.74 Å². The SMILES string of the molecule is CCCNc1ncnc(N2CCCC(C)(C)C2)c1OC. The molecule has 20 heavy (non-hydrogen) atoms. The van der Waals surface area contributed by atoms with Gasteiger partial charge < -0.3 is 15.0 Å². The van der Waals surface area contributed by atoms with Crippen LogP contribution >= 0.6 is 0 Å². The first-order valence-corrected chi connectivity index (χ1v) is 7.45. The molecule has 0 spiro atoms. The minimum Gasteiger partial charge on any atom is -0.490 e. The zero-order valence-electron chi connectivity index (χ0n) is 13.1. The quantitative estimate of drug-likeness (QED) is 0.897. The van der Waals surface area contributed by atoms with Gasteiger partial charge in [-0.25, -0.2) is 9.97 Å². The topological polar surface area (TPSA) is 50.3 Å². The summed E-state index contributed by atoms with van der Waals surface area (Å²) >= 11 is 0. The lowest BCUT2D eigenvalue weighted by Gasteiger charge is -2.39. The Bertz CT molecular complexity index is 447. The number of ether oxygens (including phenoxy) is 1. The van der Waals surface area contributed by atoms with Crippen LogP contribution in [0.25, 0.3) is 0 Å². The van der Waals surface area contributed by atoms with Crippen molar-refractivity contribution in [3.8, 4) is 5.75 Å². The molecule has 1 fully saturated rings. The number of rotatable bonds is 5. The van der Waals surface area contributed by atoms with Crippen molar-refractivity contribution >= 4 is 11.6 Å². The molecule has 112 valence electrons. The molecule has 1 aliphatic rings. The molecule has 2 rings (SSSR count). The maximum Gasteiger partial charge on any atom is 0.204 e. The first kappa shape index (κ1) is 14.9. The fourth-order valence-corrected chi connectivity index (χ4v) is 2.75. The second-order valence-corrected chi connectivity index (χ2v) is 6.20. The van der Waals surface area contributed by atoms with Crippen molar-refractivity contribution in [2.24, 2.45) is 5.41 Å². The van der Waals surface area contributed by atoms with Gasteiger partial charge in [0.1, 0.15) is 6.33 Å². The van der Waals surface area contributed by atoms with Gasteiger partial charge in [0.2, 0.25) is 5.75 Å². The molecule has 0 radical (unpaired) electrons. The van der Waals surface area contributed by atoms with Gasteiger partial charge >= 0.3 is 0 Å². The van der Waals surface area contributed by atoms with Gasteiger partial charge in [-0.05, 0) is 24.7 Å². The molecule has 0 aromatic carbocycles. The molecule has 5 heteroatoms. The van der Waals surface area contributed by atoms with Gasteiger partial charge in [-0.3, -0.25) is 0 Å². The highest BCUT2D eigenvalue weighted by atomic mass is 16.5. The molecule has 0 amide bonds. The summed E-state index contributed by atoms with van der Waals surface area (Å²) in [7, 11) is 1.69. The molecule has 0 atom stereocenters. The summed E-state index contributed by atoms with van der Waals surface area (Å²) in [5.74, 6) is 2.47. The summed E-state index contributed by atoms with van der Waals surface area (Å²) in [5, 5.41) is 3.31. The van der Waals surface area contributed by atoms with Crippen LogP contribution in [0.2, 0.25) is 0 Å². The fourth-order valence-electron chi connectivity index (χ4n) is 2.75. The molecule has 5 nitrogen and oxygen atoms in total. The average molecular weight is 278 g/mol. The standard InChI is InChI=1S/C15H26N4O/c1-5-8-16-13-12(20-4)14(18-11-17-13)19-9-6-7-15(2,3)10-19/h11H,5-10H2,1-4H3,(H,16,17,18). The van der Waals surface area contributed by atoms with Gasteiger partial charge in [0.05, 0.1) is 7.11 Å². The number of aromatic nitrogens is 2. The monoisotopic (exact) mass is 278 g/mol. The lowest BCUT2D eigenvalue weighted by Crippen LogP contribution is -2.40. The van der Waals surface area contributed by atoms with Gasteiger partial charge in [-0.1, -0.05) is 20.8 Å². The minimum absolute atomic E-state index is 0.325. The third-order valence-corrected chi connectivity index (χ3v) is 3.73. The maximum absolute atomic E-state index is 5.57. The van der Waals surface area contributed by atoms with Crippen molar-refractivity contribution in [2.75, 3.05) is 37.0 Å². The van der Waals surface area contributed by atoms with Crippen molar-refractivity contribution in [1.29, 1.82) is 0 Å². The number of piperidine rings is 1. The number of anilines is 2. The molecule has 1 saturated heterocycles. The first-order valence-electron chi connectivity index (χ1n) is 7.45. The lowest BCUT2D eigenvalue weighted by molar-refractivity contribution is 0.290. The third kappa shape index (κ3) is 3.32. The number of nitrogens with zero attached hydrogens (tertiary/aromatic N) is 3. The highest BCUT2D eigenvalue weighted by molar-refractivity contribution is 5.65. The average Bonchev–Trinajstić information content (AvgIpc) is 2.43. The number of methoxy groups -OCH3 is 1. The molecule has 0 unspecified atom stereocenters. The van der Waals surface area contributed by atoms with E-state index in [0.29, 0.717) is 5.41 Å². The Hall–Kier alpha value is -1.52. The second kappa shape index (κ2) is 6.29. The van der Waals surface area contributed by atoms with E-state index in [-0.39, 0.29) is 0 Å². The van der Waals surface area contributed by atoms with Gasteiger partial charge in [-0.15, -0.1) is 0 Å². The molecule has 1 aliphatic heterocycles. The molecule has 0 saturated carbocycles. The third-order valence-electron chi connectivity index (χ3n) is 3.73. The Kier molecular flexibility index (Phi) is 4.68. The van der Waals surface area contributed by atoms with Crippen molar-refractivity contribution in [2.45, 2.75) is 40.0 Å². The molecule has 2 heterocycles. The van der Waals surface area contributed by atoms with E-state index in [1.54, 1.807) is 13.4 Å². The predicted octanol–water partition coefficient (Wildman–Crippen LogP) is 2.93. The zero-order valence-corrected chi connectivity index (χ0v) is 13.1. The number of hydrogen-bond donors (Lipinski definition) is 1. The summed E-state index contributed by atoms with van der Waals surface area (Å²) < 4.78 is 5.57. The summed E-state index contributed by atoms with van der Waals surface area (Å²) in [4.78, 5) is 11.1. The summed E-state index contributed by atoms with van der Waals surface area (Å²) in [6.07, 6.45) is 5.13. The molecule has 0 aliphatic carbocycles. The van der Waals surface area contributed by atoms with Crippen LogP contribution in [0.1, 0.15) is 40.0 Å². The Labute approximate surface area is 121 Å². The van der Waals surface area contributed by atoms with Crippen LogP contribution in [-0.4, -0.2) is 36.7 Å². The molecule has 1 N–H and O–H groups in total. The van der Waals surface area contributed by atoms with Crippen LogP contribution in [-0.2, 0) is 0 Å². The highest BCUT2D eigenvalue weighted by Gasteiger charge is 2.29. The predicted molar refractivity (Wildman–Crippen MR) is 82.6 cm³/mol. The van der Waals surface area contributed by atoms with E-state index in [1.807, 2.05) is 0 Å². The van der Waals surface area contributed by atoms with Crippen LogP contribution in [0.3, 0.4) is 0 Å². The second-order valence-electron chi connectivity index (χ2n) is 6.20.